The van der Waals surface area contributed by atoms with Gasteiger partial charge in [-0.3, -0.25) is 0 Å². The highest BCUT2D eigenvalue weighted by Gasteiger charge is 2.20. The topological polar surface area (TPSA) is 86.5 Å². The minimum atomic E-state index is -4.09. The number of ether oxygens (including phenoxy) is 1. The molecule has 0 aliphatic rings. The van der Waals surface area contributed by atoms with Crippen LogP contribution in [0.1, 0.15) is 0 Å². The van der Waals surface area contributed by atoms with Crippen LogP contribution in [0, 0.1) is 0 Å². The molecular formula is C9H9NO4S. The third-order valence-corrected chi connectivity index (χ3v) is 2.38. The first-order chi connectivity index (χ1) is 6.91. The first kappa shape index (κ1) is 11.4. The van der Waals surface area contributed by atoms with Crippen LogP contribution in [-0.2, 0) is 14.8 Å². The normalized spacial score (nSPS) is 10.7. The summed E-state index contributed by atoms with van der Waals surface area (Å²) in [6.45, 7) is 3.03. The van der Waals surface area contributed by atoms with Crippen molar-refractivity contribution in [2.75, 3.05) is 0 Å². The SMILES string of the molecule is C=C(C(=O)Oc1ccccc1)S(N)(=O)=O. The molecular weight excluding hydrogens is 218 g/mol. The number of carbonyl (C=O) groups is 1. The molecule has 0 aliphatic carbocycles. The molecule has 5 nitrogen and oxygen atoms in total. The summed E-state index contributed by atoms with van der Waals surface area (Å²) in [6.07, 6.45) is 0. The van der Waals surface area contributed by atoms with E-state index in [1.54, 1.807) is 18.2 Å². The zero-order chi connectivity index (χ0) is 11.5. The number of carbonyl (C=O) groups excluding carboxylic acids is 1. The van der Waals surface area contributed by atoms with Gasteiger partial charge in [-0.1, -0.05) is 24.8 Å². The Labute approximate surface area is 87.2 Å². The average molecular weight is 227 g/mol. The number of esters is 1. The van der Waals surface area contributed by atoms with E-state index in [-0.39, 0.29) is 5.75 Å². The van der Waals surface area contributed by atoms with Crippen LogP contribution in [0.25, 0.3) is 0 Å². The fourth-order valence-corrected chi connectivity index (χ4v) is 1.04. The Kier molecular flexibility index (Phi) is 3.23. The van der Waals surface area contributed by atoms with Gasteiger partial charge in [0.15, 0.2) is 4.91 Å². The van der Waals surface area contributed by atoms with Gasteiger partial charge in [0.2, 0.25) is 10.0 Å². The number of primary sulfonamides is 1. The van der Waals surface area contributed by atoms with Crippen molar-refractivity contribution in [3.05, 3.63) is 41.8 Å². The molecule has 1 aromatic carbocycles. The van der Waals surface area contributed by atoms with E-state index in [1.165, 1.54) is 12.1 Å². The minimum Gasteiger partial charge on any atom is -0.422 e. The van der Waals surface area contributed by atoms with Crippen LogP contribution in [-0.4, -0.2) is 14.4 Å². The monoisotopic (exact) mass is 227 g/mol. The Morgan fingerprint density at radius 1 is 1.27 bits per heavy atom. The second kappa shape index (κ2) is 4.24. The number of benzene rings is 1. The summed E-state index contributed by atoms with van der Waals surface area (Å²) >= 11 is 0. The molecule has 80 valence electrons. The molecule has 0 heterocycles. The molecule has 0 radical (unpaired) electrons. The van der Waals surface area contributed by atoms with E-state index in [0.29, 0.717) is 0 Å². The molecule has 0 aliphatic heterocycles. The lowest BCUT2D eigenvalue weighted by Gasteiger charge is -2.03. The van der Waals surface area contributed by atoms with E-state index in [9.17, 15) is 13.2 Å². The molecule has 0 unspecified atom stereocenters. The Morgan fingerprint density at radius 2 is 1.80 bits per heavy atom. The molecule has 1 rings (SSSR count). The molecule has 0 saturated heterocycles. The highest BCUT2D eigenvalue weighted by atomic mass is 32.2. The van der Waals surface area contributed by atoms with E-state index >= 15 is 0 Å². The van der Waals surface area contributed by atoms with Crippen molar-refractivity contribution in [1.29, 1.82) is 0 Å². The lowest BCUT2D eigenvalue weighted by molar-refractivity contribution is -0.129. The third-order valence-electron chi connectivity index (χ3n) is 1.52. The molecule has 15 heavy (non-hydrogen) atoms. The van der Waals surface area contributed by atoms with Gasteiger partial charge in [-0.25, -0.2) is 18.4 Å². The predicted octanol–water partition coefficient (Wildman–Crippen LogP) is 0.394. The number of rotatable bonds is 3. The molecule has 6 heteroatoms. The van der Waals surface area contributed by atoms with E-state index in [4.69, 9.17) is 9.88 Å². The lowest BCUT2D eigenvalue weighted by Crippen LogP contribution is -2.23. The van der Waals surface area contributed by atoms with Gasteiger partial charge >= 0.3 is 5.97 Å². The van der Waals surface area contributed by atoms with Gasteiger partial charge in [0.25, 0.3) is 0 Å². The second-order valence-electron chi connectivity index (χ2n) is 2.67. The number of hydrogen-bond acceptors (Lipinski definition) is 4. The smallest absolute Gasteiger partial charge is 0.355 e. The lowest BCUT2D eigenvalue weighted by atomic mass is 10.3. The quantitative estimate of drug-likeness (QED) is 0.460. The highest BCUT2D eigenvalue weighted by Crippen LogP contribution is 2.11. The van der Waals surface area contributed by atoms with Gasteiger partial charge in [-0.05, 0) is 12.1 Å². The van der Waals surface area contributed by atoms with Crippen LogP contribution in [0.5, 0.6) is 5.75 Å². The van der Waals surface area contributed by atoms with Crippen LogP contribution in [0.4, 0.5) is 0 Å². The number of sulfonamides is 1. The fourth-order valence-electron chi connectivity index (χ4n) is 0.769. The van der Waals surface area contributed by atoms with Crippen molar-refractivity contribution in [3.63, 3.8) is 0 Å². The summed E-state index contributed by atoms with van der Waals surface area (Å²) in [7, 11) is -4.09. The summed E-state index contributed by atoms with van der Waals surface area (Å²) in [5, 5.41) is 4.71. The maximum atomic E-state index is 11.2. The maximum Gasteiger partial charge on any atom is 0.355 e. The van der Waals surface area contributed by atoms with Crippen LogP contribution in [0.15, 0.2) is 41.8 Å². The minimum absolute atomic E-state index is 0.229. The summed E-state index contributed by atoms with van der Waals surface area (Å²) < 4.78 is 26.2. The number of hydrogen-bond donors (Lipinski definition) is 1. The van der Waals surface area contributed by atoms with E-state index < -0.39 is 20.9 Å². The Bertz CT molecular complexity index is 478. The molecule has 0 saturated carbocycles. The zero-order valence-corrected chi connectivity index (χ0v) is 8.53. The fraction of sp³-hybridized carbons (Fsp3) is 0. The summed E-state index contributed by atoms with van der Waals surface area (Å²) in [6, 6.07) is 8.03. The Balaban J connectivity index is 2.78. The molecule has 1 aromatic rings. The average Bonchev–Trinajstić information content (AvgIpc) is 2.16. The summed E-state index contributed by atoms with van der Waals surface area (Å²) in [4.78, 5) is 10.4. The van der Waals surface area contributed by atoms with Crippen LogP contribution in [0.3, 0.4) is 0 Å². The first-order valence-corrected chi connectivity index (χ1v) is 5.45. The van der Waals surface area contributed by atoms with E-state index in [2.05, 4.69) is 6.58 Å². The maximum absolute atomic E-state index is 11.2. The molecule has 0 amide bonds. The van der Waals surface area contributed by atoms with Crippen molar-refractivity contribution >= 4 is 16.0 Å². The second-order valence-corrected chi connectivity index (χ2v) is 4.25. The van der Waals surface area contributed by atoms with Crippen molar-refractivity contribution < 1.29 is 17.9 Å². The highest BCUT2D eigenvalue weighted by molar-refractivity contribution is 7.94. The summed E-state index contributed by atoms with van der Waals surface area (Å²) in [5.41, 5.74) is 0. The molecule has 0 spiro atoms. The third kappa shape index (κ3) is 3.19. The van der Waals surface area contributed by atoms with Crippen molar-refractivity contribution in [3.8, 4) is 5.75 Å². The first-order valence-electron chi connectivity index (χ1n) is 3.90. The van der Waals surface area contributed by atoms with Crippen LogP contribution in [0.2, 0.25) is 0 Å². The van der Waals surface area contributed by atoms with Gasteiger partial charge in [0.1, 0.15) is 5.75 Å². The molecule has 2 N–H and O–H groups in total. The standard InChI is InChI=1S/C9H9NO4S/c1-7(15(10,12)13)9(11)14-8-5-3-2-4-6-8/h2-6H,1H2,(H2,10,12,13). The van der Waals surface area contributed by atoms with Gasteiger partial charge in [-0.2, -0.15) is 0 Å². The van der Waals surface area contributed by atoms with Crippen molar-refractivity contribution in [1.82, 2.24) is 0 Å². The van der Waals surface area contributed by atoms with Crippen molar-refractivity contribution in [2.24, 2.45) is 5.14 Å². The Hall–Kier alpha value is -1.66. The molecule has 0 bridgehead atoms. The van der Waals surface area contributed by atoms with Gasteiger partial charge in [-0.15, -0.1) is 0 Å². The molecule has 0 fully saturated rings. The van der Waals surface area contributed by atoms with Crippen LogP contribution >= 0.6 is 0 Å². The molecule has 0 atom stereocenters. The van der Waals surface area contributed by atoms with Gasteiger partial charge in [0.05, 0.1) is 0 Å². The van der Waals surface area contributed by atoms with Gasteiger partial charge in [0, 0.05) is 0 Å². The predicted molar refractivity (Wildman–Crippen MR) is 54.3 cm³/mol. The number of para-hydroxylation sites is 1. The van der Waals surface area contributed by atoms with Crippen LogP contribution < -0.4 is 9.88 Å². The van der Waals surface area contributed by atoms with Gasteiger partial charge < -0.3 is 4.74 Å². The van der Waals surface area contributed by atoms with E-state index in [0.717, 1.165) is 0 Å². The summed E-state index contributed by atoms with van der Waals surface area (Å²) in [5.74, 6) is -0.851. The molecule has 0 aromatic heterocycles. The van der Waals surface area contributed by atoms with E-state index in [1.807, 2.05) is 0 Å². The van der Waals surface area contributed by atoms with Crippen molar-refractivity contribution in [2.45, 2.75) is 0 Å². The largest absolute Gasteiger partial charge is 0.422 e. The Morgan fingerprint density at radius 3 is 2.27 bits per heavy atom. The number of nitrogens with two attached hydrogens (primary N) is 1. The zero-order valence-electron chi connectivity index (χ0n) is 7.71.